The zero-order chi connectivity index (χ0) is 9.68. The number of hydrogen-bond acceptors (Lipinski definition) is 3. The Morgan fingerprint density at radius 1 is 1.69 bits per heavy atom. The van der Waals surface area contributed by atoms with Gasteiger partial charge in [-0.05, 0) is 25.3 Å². The van der Waals surface area contributed by atoms with E-state index in [-0.39, 0.29) is 18.5 Å². The van der Waals surface area contributed by atoms with Crippen molar-refractivity contribution in [2.75, 3.05) is 19.8 Å². The third-order valence-electron chi connectivity index (χ3n) is 2.04. The predicted octanol–water partition coefficient (Wildman–Crippen LogP) is 1.33. The van der Waals surface area contributed by atoms with Crippen molar-refractivity contribution in [3.05, 3.63) is 12.2 Å². The van der Waals surface area contributed by atoms with Gasteiger partial charge in [-0.1, -0.05) is 6.58 Å². The van der Waals surface area contributed by atoms with E-state index in [0.29, 0.717) is 12.2 Å². The lowest BCUT2D eigenvalue weighted by atomic mass is 10.2. The number of carbonyl (C=O) groups excluding carboxylic acids is 1. The zero-order valence-corrected chi connectivity index (χ0v) is 8.04. The van der Waals surface area contributed by atoms with Gasteiger partial charge < -0.3 is 9.47 Å². The van der Waals surface area contributed by atoms with E-state index in [1.54, 1.807) is 6.92 Å². The van der Waals surface area contributed by atoms with Crippen LogP contribution in [-0.2, 0) is 14.3 Å². The normalized spacial score (nSPS) is 21.8. The molecule has 1 aliphatic heterocycles. The van der Waals surface area contributed by atoms with Gasteiger partial charge in [0.1, 0.15) is 6.61 Å². The number of ketones is 1. The van der Waals surface area contributed by atoms with Gasteiger partial charge in [-0.3, -0.25) is 4.79 Å². The molecule has 13 heavy (non-hydrogen) atoms. The molecule has 0 radical (unpaired) electrons. The zero-order valence-electron chi connectivity index (χ0n) is 8.04. The first kappa shape index (κ1) is 10.4. The van der Waals surface area contributed by atoms with Crippen molar-refractivity contribution < 1.29 is 14.3 Å². The van der Waals surface area contributed by atoms with Crippen molar-refractivity contribution in [1.82, 2.24) is 0 Å². The molecule has 1 unspecified atom stereocenters. The minimum absolute atomic E-state index is 0.0296. The molecular formula is C10H16O3. The van der Waals surface area contributed by atoms with Crippen LogP contribution in [0.2, 0.25) is 0 Å². The van der Waals surface area contributed by atoms with Gasteiger partial charge in [-0.25, -0.2) is 0 Å². The summed E-state index contributed by atoms with van der Waals surface area (Å²) in [7, 11) is 0. The fraction of sp³-hybridized carbons (Fsp3) is 0.700. The fourth-order valence-electron chi connectivity index (χ4n) is 1.18. The van der Waals surface area contributed by atoms with Gasteiger partial charge in [-0.15, -0.1) is 0 Å². The van der Waals surface area contributed by atoms with E-state index in [9.17, 15) is 4.79 Å². The summed E-state index contributed by atoms with van der Waals surface area (Å²) < 4.78 is 10.5. The molecule has 1 heterocycles. The van der Waals surface area contributed by atoms with Crippen LogP contribution in [0.3, 0.4) is 0 Å². The minimum atomic E-state index is -0.0296. The molecule has 1 rings (SSSR count). The standard InChI is InChI=1S/C10H16O3/c1-8(2)10(11)7-12-6-9-4-3-5-13-9/h9H,1,3-7H2,2H3. The lowest BCUT2D eigenvalue weighted by Crippen LogP contribution is -2.18. The van der Waals surface area contributed by atoms with E-state index in [4.69, 9.17) is 9.47 Å². The minimum Gasteiger partial charge on any atom is -0.376 e. The predicted molar refractivity (Wildman–Crippen MR) is 49.6 cm³/mol. The van der Waals surface area contributed by atoms with Crippen molar-refractivity contribution in [2.45, 2.75) is 25.9 Å². The van der Waals surface area contributed by atoms with Crippen LogP contribution in [0.1, 0.15) is 19.8 Å². The number of Topliss-reactive ketones (excluding diaryl/α,β-unsaturated/α-hetero) is 1. The van der Waals surface area contributed by atoms with Gasteiger partial charge in [0.05, 0.1) is 12.7 Å². The average Bonchev–Trinajstić information content (AvgIpc) is 2.56. The fourth-order valence-corrected chi connectivity index (χ4v) is 1.18. The lowest BCUT2D eigenvalue weighted by molar-refractivity contribution is -0.121. The summed E-state index contributed by atoms with van der Waals surface area (Å²) in [6.07, 6.45) is 2.34. The Balaban J connectivity index is 2.06. The molecule has 0 amide bonds. The Labute approximate surface area is 78.7 Å². The lowest BCUT2D eigenvalue weighted by Gasteiger charge is -2.09. The monoisotopic (exact) mass is 184 g/mol. The molecule has 1 atom stereocenters. The summed E-state index contributed by atoms with van der Waals surface area (Å²) in [6, 6.07) is 0. The van der Waals surface area contributed by atoms with E-state index < -0.39 is 0 Å². The largest absolute Gasteiger partial charge is 0.376 e. The van der Waals surface area contributed by atoms with Crippen LogP contribution in [-0.4, -0.2) is 31.7 Å². The molecule has 0 aromatic heterocycles. The number of rotatable bonds is 5. The van der Waals surface area contributed by atoms with Crippen LogP contribution in [0.15, 0.2) is 12.2 Å². The smallest absolute Gasteiger partial charge is 0.183 e. The first-order valence-electron chi connectivity index (χ1n) is 4.58. The van der Waals surface area contributed by atoms with Crippen LogP contribution in [0, 0.1) is 0 Å². The van der Waals surface area contributed by atoms with Gasteiger partial charge in [0, 0.05) is 6.61 Å². The molecule has 3 heteroatoms. The van der Waals surface area contributed by atoms with Crippen molar-refractivity contribution in [3.63, 3.8) is 0 Å². The third-order valence-corrected chi connectivity index (χ3v) is 2.04. The van der Waals surface area contributed by atoms with Gasteiger partial charge in [-0.2, -0.15) is 0 Å². The molecule has 0 aromatic carbocycles. The maximum Gasteiger partial charge on any atom is 0.183 e. The number of carbonyl (C=O) groups is 1. The Bertz CT molecular complexity index is 192. The molecule has 0 bridgehead atoms. The van der Waals surface area contributed by atoms with Crippen LogP contribution in [0.4, 0.5) is 0 Å². The van der Waals surface area contributed by atoms with Crippen molar-refractivity contribution in [3.8, 4) is 0 Å². The van der Waals surface area contributed by atoms with Crippen molar-refractivity contribution in [1.29, 1.82) is 0 Å². The second-order valence-corrected chi connectivity index (χ2v) is 3.35. The maximum absolute atomic E-state index is 11.1. The van der Waals surface area contributed by atoms with Crippen LogP contribution in [0.25, 0.3) is 0 Å². The summed E-state index contributed by atoms with van der Waals surface area (Å²) >= 11 is 0. The van der Waals surface area contributed by atoms with E-state index in [1.165, 1.54) is 0 Å². The van der Waals surface area contributed by atoms with E-state index in [0.717, 1.165) is 19.4 Å². The molecular weight excluding hydrogens is 168 g/mol. The Morgan fingerprint density at radius 2 is 2.46 bits per heavy atom. The molecule has 74 valence electrons. The highest BCUT2D eigenvalue weighted by atomic mass is 16.5. The average molecular weight is 184 g/mol. The SMILES string of the molecule is C=C(C)C(=O)COCC1CCCO1. The van der Waals surface area contributed by atoms with Gasteiger partial charge in [0.25, 0.3) is 0 Å². The highest BCUT2D eigenvalue weighted by Gasteiger charge is 2.15. The molecule has 0 spiro atoms. The van der Waals surface area contributed by atoms with Gasteiger partial charge >= 0.3 is 0 Å². The topological polar surface area (TPSA) is 35.5 Å². The van der Waals surface area contributed by atoms with Crippen molar-refractivity contribution >= 4 is 5.78 Å². The van der Waals surface area contributed by atoms with Crippen LogP contribution >= 0.6 is 0 Å². The molecule has 1 fully saturated rings. The molecule has 1 aliphatic rings. The Hall–Kier alpha value is -0.670. The van der Waals surface area contributed by atoms with Crippen LogP contribution < -0.4 is 0 Å². The first-order chi connectivity index (χ1) is 6.20. The van der Waals surface area contributed by atoms with Gasteiger partial charge in [0.2, 0.25) is 0 Å². The van der Waals surface area contributed by atoms with Gasteiger partial charge in [0.15, 0.2) is 5.78 Å². The maximum atomic E-state index is 11.1. The summed E-state index contributed by atoms with van der Waals surface area (Å²) in [5, 5.41) is 0. The second kappa shape index (κ2) is 5.14. The van der Waals surface area contributed by atoms with E-state index >= 15 is 0 Å². The summed E-state index contributed by atoms with van der Waals surface area (Å²) in [4.78, 5) is 11.1. The third kappa shape index (κ3) is 3.70. The molecule has 1 saturated heterocycles. The van der Waals surface area contributed by atoms with E-state index in [1.807, 2.05) is 0 Å². The summed E-state index contributed by atoms with van der Waals surface area (Å²) in [6.45, 7) is 6.72. The summed E-state index contributed by atoms with van der Waals surface area (Å²) in [5.74, 6) is -0.0296. The highest BCUT2D eigenvalue weighted by Crippen LogP contribution is 2.11. The molecule has 0 aliphatic carbocycles. The number of hydrogen-bond donors (Lipinski definition) is 0. The summed E-state index contributed by atoms with van der Waals surface area (Å²) in [5.41, 5.74) is 0.548. The quantitative estimate of drug-likeness (QED) is 0.605. The Kier molecular flexibility index (Phi) is 4.12. The number of ether oxygens (including phenoxy) is 2. The first-order valence-corrected chi connectivity index (χ1v) is 4.58. The van der Waals surface area contributed by atoms with Crippen LogP contribution in [0.5, 0.6) is 0 Å². The van der Waals surface area contributed by atoms with Crippen molar-refractivity contribution in [2.24, 2.45) is 0 Å². The molecule has 0 saturated carbocycles. The Morgan fingerprint density at radius 3 is 3.00 bits per heavy atom. The van der Waals surface area contributed by atoms with E-state index in [2.05, 4.69) is 6.58 Å². The molecule has 0 aromatic rings. The molecule has 3 nitrogen and oxygen atoms in total. The molecule has 0 N–H and O–H groups in total. The second-order valence-electron chi connectivity index (χ2n) is 3.35. The highest BCUT2D eigenvalue weighted by molar-refractivity contribution is 5.95.